The van der Waals surface area contributed by atoms with Gasteiger partial charge in [-0.2, -0.15) is 0 Å². The number of nitrogens with one attached hydrogen (secondary N) is 1. The van der Waals surface area contributed by atoms with Crippen molar-refractivity contribution in [3.05, 3.63) is 48.5 Å². The highest BCUT2D eigenvalue weighted by atomic mass is 16.5. The SMILES string of the molecule is CCNC(=NCc1ccccc1-n1ccnc1)N1CCN(C(=O)C2CCCO2)CC1. The van der Waals surface area contributed by atoms with E-state index in [2.05, 4.69) is 34.3 Å². The number of hydrogen-bond acceptors (Lipinski definition) is 4. The van der Waals surface area contributed by atoms with Crippen LogP contribution in [0.25, 0.3) is 5.69 Å². The van der Waals surface area contributed by atoms with Crippen LogP contribution in [0.1, 0.15) is 25.3 Å². The molecule has 0 saturated carbocycles. The number of rotatable bonds is 5. The average Bonchev–Trinajstić information content (AvgIpc) is 3.51. The number of guanidine groups is 1. The Balaban J connectivity index is 1.41. The molecule has 1 amide bonds. The first-order chi connectivity index (χ1) is 14.8. The molecule has 160 valence electrons. The van der Waals surface area contributed by atoms with E-state index in [0.717, 1.165) is 49.7 Å². The number of aromatic nitrogens is 2. The molecular weight excluding hydrogens is 380 g/mol. The van der Waals surface area contributed by atoms with Gasteiger partial charge in [-0.15, -0.1) is 0 Å². The van der Waals surface area contributed by atoms with Crippen molar-refractivity contribution in [2.24, 2.45) is 4.99 Å². The number of nitrogens with zero attached hydrogens (tertiary/aromatic N) is 5. The first-order valence-corrected chi connectivity index (χ1v) is 10.8. The Kier molecular flexibility index (Phi) is 6.63. The van der Waals surface area contributed by atoms with E-state index in [0.29, 0.717) is 26.2 Å². The van der Waals surface area contributed by atoms with E-state index in [-0.39, 0.29) is 12.0 Å². The quantitative estimate of drug-likeness (QED) is 0.599. The molecule has 2 aromatic rings. The Morgan fingerprint density at radius 2 is 2.03 bits per heavy atom. The number of para-hydroxylation sites is 1. The summed E-state index contributed by atoms with van der Waals surface area (Å²) in [6.07, 6.45) is 7.11. The van der Waals surface area contributed by atoms with Gasteiger partial charge >= 0.3 is 0 Å². The van der Waals surface area contributed by atoms with E-state index in [1.807, 2.05) is 27.8 Å². The van der Waals surface area contributed by atoms with Crippen LogP contribution >= 0.6 is 0 Å². The zero-order valence-electron chi connectivity index (χ0n) is 17.5. The highest BCUT2D eigenvalue weighted by Crippen LogP contribution is 2.17. The molecular formula is C22H30N6O2. The third-order valence-corrected chi connectivity index (χ3v) is 5.60. The van der Waals surface area contributed by atoms with Crippen molar-refractivity contribution in [3.8, 4) is 5.69 Å². The first-order valence-electron chi connectivity index (χ1n) is 10.8. The van der Waals surface area contributed by atoms with Gasteiger partial charge in [-0.05, 0) is 31.4 Å². The van der Waals surface area contributed by atoms with Crippen LogP contribution < -0.4 is 5.32 Å². The van der Waals surface area contributed by atoms with Gasteiger partial charge in [0.25, 0.3) is 5.91 Å². The van der Waals surface area contributed by atoms with Crippen LogP contribution in [0, 0.1) is 0 Å². The second-order valence-electron chi connectivity index (χ2n) is 7.58. The summed E-state index contributed by atoms with van der Waals surface area (Å²) < 4.78 is 7.57. The summed E-state index contributed by atoms with van der Waals surface area (Å²) in [7, 11) is 0. The highest BCUT2D eigenvalue weighted by molar-refractivity contribution is 5.83. The number of ether oxygens (including phenoxy) is 1. The van der Waals surface area contributed by atoms with Gasteiger partial charge in [0.1, 0.15) is 6.10 Å². The summed E-state index contributed by atoms with van der Waals surface area (Å²) in [5, 5.41) is 3.40. The summed E-state index contributed by atoms with van der Waals surface area (Å²) in [6.45, 7) is 7.10. The number of amides is 1. The summed E-state index contributed by atoms with van der Waals surface area (Å²) >= 11 is 0. The largest absolute Gasteiger partial charge is 0.368 e. The molecule has 8 nitrogen and oxygen atoms in total. The third kappa shape index (κ3) is 4.64. The topological polar surface area (TPSA) is 75.0 Å². The van der Waals surface area contributed by atoms with Crippen LogP contribution in [0.2, 0.25) is 0 Å². The van der Waals surface area contributed by atoms with Crippen molar-refractivity contribution < 1.29 is 9.53 Å². The summed E-state index contributed by atoms with van der Waals surface area (Å²) in [4.78, 5) is 25.8. The molecule has 2 saturated heterocycles. The van der Waals surface area contributed by atoms with Crippen LogP contribution in [0.3, 0.4) is 0 Å². The smallest absolute Gasteiger partial charge is 0.251 e. The molecule has 1 aromatic carbocycles. The minimum absolute atomic E-state index is 0.142. The Labute approximate surface area is 177 Å². The molecule has 0 radical (unpaired) electrons. The van der Waals surface area contributed by atoms with E-state index in [4.69, 9.17) is 9.73 Å². The number of hydrogen-bond donors (Lipinski definition) is 1. The lowest BCUT2D eigenvalue weighted by atomic mass is 10.2. The Morgan fingerprint density at radius 3 is 2.73 bits per heavy atom. The molecule has 1 aromatic heterocycles. The van der Waals surface area contributed by atoms with E-state index < -0.39 is 0 Å². The van der Waals surface area contributed by atoms with Crippen LogP contribution in [0.4, 0.5) is 0 Å². The molecule has 3 heterocycles. The number of aliphatic imine (C=N–C) groups is 1. The van der Waals surface area contributed by atoms with Crippen LogP contribution in [-0.2, 0) is 16.1 Å². The molecule has 2 aliphatic heterocycles. The van der Waals surface area contributed by atoms with E-state index in [1.165, 1.54) is 0 Å². The minimum Gasteiger partial charge on any atom is -0.368 e. The van der Waals surface area contributed by atoms with Crippen molar-refractivity contribution in [3.63, 3.8) is 0 Å². The predicted molar refractivity (Wildman–Crippen MR) is 116 cm³/mol. The monoisotopic (exact) mass is 410 g/mol. The maximum Gasteiger partial charge on any atom is 0.251 e. The third-order valence-electron chi connectivity index (χ3n) is 5.60. The van der Waals surface area contributed by atoms with Gasteiger partial charge in [-0.25, -0.2) is 9.98 Å². The first kappa shape index (κ1) is 20.4. The summed E-state index contributed by atoms with van der Waals surface area (Å²) in [5.41, 5.74) is 2.22. The minimum atomic E-state index is -0.238. The van der Waals surface area contributed by atoms with E-state index in [1.54, 1.807) is 12.5 Å². The van der Waals surface area contributed by atoms with Gasteiger partial charge in [0.05, 0.1) is 18.6 Å². The van der Waals surface area contributed by atoms with Crippen molar-refractivity contribution in [2.45, 2.75) is 32.4 Å². The molecule has 1 atom stereocenters. The van der Waals surface area contributed by atoms with Gasteiger partial charge in [0, 0.05) is 51.7 Å². The van der Waals surface area contributed by atoms with E-state index in [9.17, 15) is 4.79 Å². The Bertz CT molecular complexity index is 852. The fourth-order valence-electron chi connectivity index (χ4n) is 4.00. The van der Waals surface area contributed by atoms with Crippen molar-refractivity contribution >= 4 is 11.9 Å². The molecule has 1 N–H and O–H groups in total. The summed E-state index contributed by atoms with van der Waals surface area (Å²) in [5.74, 6) is 1.03. The fourth-order valence-corrected chi connectivity index (χ4v) is 4.00. The van der Waals surface area contributed by atoms with Gasteiger partial charge < -0.3 is 24.4 Å². The molecule has 1 unspecified atom stereocenters. The lowest BCUT2D eigenvalue weighted by molar-refractivity contribution is -0.142. The maximum atomic E-state index is 12.6. The number of carbonyl (C=O) groups is 1. The van der Waals surface area contributed by atoms with Crippen LogP contribution in [-0.4, -0.2) is 76.7 Å². The van der Waals surface area contributed by atoms with Gasteiger partial charge in [-0.3, -0.25) is 4.79 Å². The molecule has 4 rings (SSSR count). The Hall–Kier alpha value is -2.87. The Morgan fingerprint density at radius 1 is 1.23 bits per heavy atom. The van der Waals surface area contributed by atoms with Crippen molar-refractivity contribution in [2.75, 3.05) is 39.3 Å². The number of piperazine rings is 1. The number of benzene rings is 1. The summed E-state index contributed by atoms with van der Waals surface area (Å²) in [6, 6.07) is 8.24. The number of carbonyl (C=O) groups excluding carboxylic acids is 1. The van der Waals surface area contributed by atoms with Crippen LogP contribution in [0.5, 0.6) is 0 Å². The normalized spacial score (nSPS) is 19.9. The second-order valence-corrected chi connectivity index (χ2v) is 7.58. The standard InChI is InChI=1S/C22H30N6O2/c1-2-24-22(25-16-18-6-3-4-7-19(18)28-10-9-23-17-28)27-13-11-26(12-14-27)21(29)20-8-5-15-30-20/h3-4,6-7,9-10,17,20H,2,5,8,11-16H2,1H3,(H,24,25). The van der Waals surface area contributed by atoms with Gasteiger partial charge in [0.2, 0.25) is 0 Å². The van der Waals surface area contributed by atoms with Crippen LogP contribution in [0.15, 0.2) is 48.0 Å². The molecule has 30 heavy (non-hydrogen) atoms. The highest BCUT2D eigenvalue weighted by Gasteiger charge is 2.30. The second kappa shape index (κ2) is 9.75. The predicted octanol–water partition coefficient (Wildman–Crippen LogP) is 1.66. The number of imidazole rings is 1. The molecule has 0 aliphatic carbocycles. The maximum absolute atomic E-state index is 12.6. The zero-order valence-corrected chi connectivity index (χ0v) is 17.5. The molecule has 0 bridgehead atoms. The molecule has 2 aliphatic rings. The lowest BCUT2D eigenvalue weighted by Gasteiger charge is -2.37. The average molecular weight is 411 g/mol. The van der Waals surface area contributed by atoms with Crippen molar-refractivity contribution in [1.29, 1.82) is 0 Å². The molecule has 8 heteroatoms. The van der Waals surface area contributed by atoms with Gasteiger partial charge in [0.15, 0.2) is 5.96 Å². The molecule has 2 fully saturated rings. The fraction of sp³-hybridized carbons (Fsp3) is 0.500. The molecule has 0 spiro atoms. The zero-order chi connectivity index (χ0) is 20.8. The lowest BCUT2D eigenvalue weighted by Crippen LogP contribution is -2.55. The van der Waals surface area contributed by atoms with Crippen molar-refractivity contribution in [1.82, 2.24) is 24.7 Å². The van der Waals surface area contributed by atoms with E-state index >= 15 is 0 Å². The van der Waals surface area contributed by atoms with Gasteiger partial charge in [-0.1, -0.05) is 18.2 Å².